The van der Waals surface area contributed by atoms with Crippen LogP contribution in [0.2, 0.25) is 0 Å². The molecule has 0 spiro atoms. The van der Waals surface area contributed by atoms with E-state index < -0.39 is 0 Å². The van der Waals surface area contributed by atoms with Crippen molar-refractivity contribution in [2.24, 2.45) is 5.73 Å². The fourth-order valence-electron chi connectivity index (χ4n) is 1.78. The molecule has 0 radical (unpaired) electrons. The minimum absolute atomic E-state index is 0.144. The van der Waals surface area contributed by atoms with E-state index in [9.17, 15) is 4.39 Å². The van der Waals surface area contributed by atoms with E-state index in [4.69, 9.17) is 10.5 Å². The van der Waals surface area contributed by atoms with Crippen LogP contribution in [0, 0.1) is 12.7 Å². The van der Waals surface area contributed by atoms with Crippen LogP contribution in [0.25, 0.3) is 0 Å². The van der Waals surface area contributed by atoms with Crippen molar-refractivity contribution in [1.82, 2.24) is 0 Å². The summed E-state index contributed by atoms with van der Waals surface area (Å²) in [7, 11) is 0. The summed E-state index contributed by atoms with van der Waals surface area (Å²) >= 11 is 3.41. The fourth-order valence-corrected chi connectivity index (χ4v) is 2.15. The smallest absolute Gasteiger partial charge is 0.132 e. The quantitative estimate of drug-likeness (QED) is 0.887. The molecule has 1 unspecified atom stereocenters. The van der Waals surface area contributed by atoms with Gasteiger partial charge in [-0.05, 0) is 55.8 Å². The van der Waals surface area contributed by atoms with Gasteiger partial charge in [-0.3, -0.25) is 0 Å². The Morgan fingerprint density at radius 1 is 1.21 bits per heavy atom. The molecule has 0 amide bonds. The van der Waals surface area contributed by atoms with E-state index in [1.807, 2.05) is 25.1 Å². The van der Waals surface area contributed by atoms with E-state index in [2.05, 4.69) is 15.9 Å². The molecule has 1 atom stereocenters. The summed E-state index contributed by atoms with van der Waals surface area (Å²) in [5.74, 6) is 1.04. The molecule has 0 aliphatic rings. The van der Waals surface area contributed by atoms with Crippen molar-refractivity contribution < 1.29 is 9.13 Å². The van der Waals surface area contributed by atoms with Gasteiger partial charge in [-0.25, -0.2) is 4.39 Å². The molecule has 2 aromatic rings. The van der Waals surface area contributed by atoms with Crippen molar-refractivity contribution in [2.45, 2.75) is 19.9 Å². The zero-order valence-electron chi connectivity index (χ0n) is 10.8. The largest absolute Gasteiger partial charge is 0.457 e. The minimum atomic E-state index is -0.240. The number of rotatable bonds is 3. The Morgan fingerprint density at radius 3 is 2.58 bits per heavy atom. The summed E-state index contributed by atoms with van der Waals surface area (Å²) in [6, 6.07) is 10.2. The Bertz CT molecular complexity index is 599. The van der Waals surface area contributed by atoms with Crippen LogP contribution in [0.5, 0.6) is 11.5 Å². The van der Waals surface area contributed by atoms with Crippen LogP contribution >= 0.6 is 15.9 Å². The first-order valence-electron chi connectivity index (χ1n) is 5.96. The highest BCUT2D eigenvalue weighted by Gasteiger charge is 2.10. The molecule has 19 heavy (non-hydrogen) atoms. The number of nitrogens with two attached hydrogens (primary N) is 1. The summed E-state index contributed by atoms with van der Waals surface area (Å²) in [5, 5.41) is 0. The number of aryl methyl sites for hydroxylation is 1. The normalized spacial score (nSPS) is 12.3. The monoisotopic (exact) mass is 323 g/mol. The topological polar surface area (TPSA) is 35.2 Å². The molecule has 0 fully saturated rings. The van der Waals surface area contributed by atoms with Gasteiger partial charge >= 0.3 is 0 Å². The molecule has 0 bridgehead atoms. The molecule has 2 N–H and O–H groups in total. The van der Waals surface area contributed by atoms with E-state index in [0.29, 0.717) is 17.1 Å². The molecule has 0 saturated carbocycles. The predicted molar refractivity (Wildman–Crippen MR) is 78.0 cm³/mol. The lowest BCUT2D eigenvalue weighted by atomic mass is 10.1. The van der Waals surface area contributed by atoms with E-state index in [1.165, 1.54) is 6.07 Å². The fraction of sp³-hybridized carbons (Fsp3) is 0.200. The van der Waals surface area contributed by atoms with Crippen molar-refractivity contribution in [3.8, 4) is 11.5 Å². The van der Waals surface area contributed by atoms with Crippen LogP contribution in [0.3, 0.4) is 0 Å². The molecule has 0 heterocycles. The molecule has 100 valence electrons. The summed E-state index contributed by atoms with van der Waals surface area (Å²) in [4.78, 5) is 0. The first-order valence-corrected chi connectivity index (χ1v) is 6.75. The molecule has 2 nitrogen and oxygen atoms in total. The Hall–Kier alpha value is -1.39. The van der Waals surface area contributed by atoms with Gasteiger partial charge in [0, 0.05) is 16.1 Å². The second-order valence-electron chi connectivity index (χ2n) is 4.48. The molecular weight excluding hydrogens is 309 g/mol. The first kappa shape index (κ1) is 14.0. The van der Waals surface area contributed by atoms with Crippen LogP contribution in [-0.4, -0.2) is 0 Å². The summed E-state index contributed by atoms with van der Waals surface area (Å²) in [6.07, 6.45) is 0. The number of hydrogen-bond acceptors (Lipinski definition) is 2. The Labute approximate surface area is 120 Å². The third-order valence-electron chi connectivity index (χ3n) is 2.82. The van der Waals surface area contributed by atoms with Crippen LogP contribution < -0.4 is 10.5 Å². The second kappa shape index (κ2) is 5.72. The maximum atomic E-state index is 13.2. The Kier molecular flexibility index (Phi) is 4.22. The molecule has 4 heteroatoms. The summed E-state index contributed by atoms with van der Waals surface area (Å²) in [6.45, 7) is 3.60. The number of ether oxygens (including phenoxy) is 1. The van der Waals surface area contributed by atoms with E-state index in [0.717, 1.165) is 10.0 Å². The maximum Gasteiger partial charge on any atom is 0.132 e. The first-order chi connectivity index (χ1) is 8.97. The van der Waals surface area contributed by atoms with Crippen molar-refractivity contribution in [3.63, 3.8) is 0 Å². The van der Waals surface area contributed by atoms with Gasteiger partial charge in [0.05, 0.1) is 0 Å². The van der Waals surface area contributed by atoms with E-state index >= 15 is 0 Å². The van der Waals surface area contributed by atoms with Gasteiger partial charge in [-0.2, -0.15) is 0 Å². The van der Waals surface area contributed by atoms with Gasteiger partial charge in [0.25, 0.3) is 0 Å². The number of hydrogen-bond donors (Lipinski definition) is 1. The Balaban J connectivity index is 2.35. The predicted octanol–water partition coefficient (Wildman–Crippen LogP) is 4.71. The SMILES string of the molecule is Cc1cc(Oc2ccc(Br)cc2C(C)N)ccc1F. The highest BCUT2D eigenvalue weighted by atomic mass is 79.9. The number of benzene rings is 2. The highest BCUT2D eigenvalue weighted by molar-refractivity contribution is 9.10. The molecule has 0 aromatic heterocycles. The molecule has 0 saturated heterocycles. The lowest BCUT2D eigenvalue weighted by molar-refractivity contribution is 0.469. The molecule has 2 aromatic carbocycles. The van der Waals surface area contributed by atoms with Crippen molar-refractivity contribution in [3.05, 3.63) is 57.8 Å². The standard InChI is InChI=1S/C15H15BrFNO/c1-9-7-12(4-5-14(9)17)19-15-6-3-11(16)8-13(15)10(2)18/h3-8,10H,18H2,1-2H3. The average Bonchev–Trinajstić information content (AvgIpc) is 2.36. The molecule has 2 rings (SSSR count). The lowest BCUT2D eigenvalue weighted by Crippen LogP contribution is -2.06. The van der Waals surface area contributed by atoms with Crippen LogP contribution in [-0.2, 0) is 0 Å². The van der Waals surface area contributed by atoms with E-state index in [-0.39, 0.29) is 11.9 Å². The van der Waals surface area contributed by atoms with Crippen molar-refractivity contribution >= 4 is 15.9 Å². The Morgan fingerprint density at radius 2 is 1.95 bits per heavy atom. The summed E-state index contributed by atoms with van der Waals surface area (Å²) < 4.78 is 20.0. The lowest BCUT2D eigenvalue weighted by Gasteiger charge is -2.14. The maximum absolute atomic E-state index is 13.2. The van der Waals surface area contributed by atoms with Crippen LogP contribution in [0.4, 0.5) is 4.39 Å². The average molecular weight is 324 g/mol. The number of halogens is 2. The summed E-state index contributed by atoms with van der Waals surface area (Å²) in [5.41, 5.74) is 7.38. The van der Waals surface area contributed by atoms with Crippen LogP contribution in [0.15, 0.2) is 40.9 Å². The van der Waals surface area contributed by atoms with Gasteiger partial charge in [-0.1, -0.05) is 15.9 Å². The van der Waals surface area contributed by atoms with Gasteiger partial charge in [0.15, 0.2) is 0 Å². The zero-order valence-corrected chi connectivity index (χ0v) is 12.4. The third kappa shape index (κ3) is 3.33. The van der Waals surface area contributed by atoms with E-state index in [1.54, 1.807) is 19.1 Å². The minimum Gasteiger partial charge on any atom is -0.457 e. The van der Waals surface area contributed by atoms with Gasteiger partial charge in [-0.15, -0.1) is 0 Å². The van der Waals surface area contributed by atoms with Crippen molar-refractivity contribution in [1.29, 1.82) is 0 Å². The molecule has 0 aliphatic heterocycles. The van der Waals surface area contributed by atoms with Crippen LogP contribution in [0.1, 0.15) is 24.1 Å². The highest BCUT2D eigenvalue weighted by Crippen LogP contribution is 2.31. The van der Waals surface area contributed by atoms with Gasteiger partial charge in [0.1, 0.15) is 17.3 Å². The van der Waals surface area contributed by atoms with Gasteiger partial charge < -0.3 is 10.5 Å². The van der Waals surface area contributed by atoms with Gasteiger partial charge in [0.2, 0.25) is 0 Å². The molecular formula is C15H15BrFNO. The zero-order chi connectivity index (χ0) is 14.0. The van der Waals surface area contributed by atoms with Crippen molar-refractivity contribution in [2.75, 3.05) is 0 Å². The molecule has 0 aliphatic carbocycles. The second-order valence-corrected chi connectivity index (χ2v) is 5.40. The third-order valence-corrected chi connectivity index (χ3v) is 3.31.